The first kappa shape index (κ1) is 13.0. The Labute approximate surface area is 129 Å². The van der Waals surface area contributed by atoms with E-state index in [9.17, 15) is 0 Å². The van der Waals surface area contributed by atoms with Gasteiger partial charge in [0, 0.05) is 17.0 Å². The Kier molecular flexibility index (Phi) is 3.07. The first-order chi connectivity index (χ1) is 10.2. The van der Waals surface area contributed by atoms with Gasteiger partial charge in [0.15, 0.2) is 0 Å². The molecule has 2 aliphatic carbocycles. The van der Waals surface area contributed by atoms with E-state index in [1.807, 2.05) is 30.3 Å². The molecule has 0 aliphatic heterocycles. The summed E-state index contributed by atoms with van der Waals surface area (Å²) in [5.74, 6) is 2.65. The summed E-state index contributed by atoms with van der Waals surface area (Å²) in [5.41, 5.74) is 7.76. The monoisotopic (exact) mass is 297 g/mol. The SMILES string of the molecule is NC(=S)c1cc(NC2CC3CCC2C3)nc2ccccc12. The van der Waals surface area contributed by atoms with Gasteiger partial charge in [-0.25, -0.2) is 4.98 Å². The molecule has 0 spiro atoms. The molecule has 2 saturated carbocycles. The molecular formula is C17H19N3S. The number of fused-ring (bicyclic) bond motifs is 3. The minimum Gasteiger partial charge on any atom is -0.389 e. The fraction of sp³-hybridized carbons (Fsp3) is 0.412. The lowest BCUT2D eigenvalue weighted by Gasteiger charge is -2.24. The largest absolute Gasteiger partial charge is 0.389 e. The van der Waals surface area contributed by atoms with Crippen LogP contribution in [0.3, 0.4) is 0 Å². The van der Waals surface area contributed by atoms with Crippen LogP contribution >= 0.6 is 12.2 Å². The molecule has 0 radical (unpaired) electrons. The van der Waals surface area contributed by atoms with Crippen molar-refractivity contribution in [1.29, 1.82) is 0 Å². The van der Waals surface area contributed by atoms with Gasteiger partial charge in [0.25, 0.3) is 0 Å². The molecule has 0 amide bonds. The molecule has 3 N–H and O–H groups in total. The highest BCUT2D eigenvalue weighted by atomic mass is 32.1. The third-order valence-corrected chi connectivity index (χ3v) is 5.27. The van der Waals surface area contributed by atoms with Crippen LogP contribution in [-0.4, -0.2) is 16.0 Å². The third kappa shape index (κ3) is 2.27. The summed E-state index contributed by atoms with van der Waals surface area (Å²) in [7, 11) is 0. The maximum Gasteiger partial charge on any atom is 0.127 e. The molecule has 1 heterocycles. The lowest BCUT2D eigenvalue weighted by molar-refractivity contribution is 0.439. The van der Waals surface area contributed by atoms with Crippen LogP contribution in [0.15, 0.2) is 30.3 Å². The van der Waals surface area contributed by atoms with Crippen molar-refractivity contribution in [1.82, 2.24) is 4.98 Å². The standard InChI is InChI=1S/C17H19N3S/c18-17(21)13-9-16(19-14-4-2-1-3-12(13)14)20-15-8-10-5-6-11(15)7-10/h1-4,9-11,15H,5-8H2,(H2,18,21)(H,19,20). The fourth-order valence-electron chi connectivity index (χ4n) is 4.06. The summed E-state index contributed by atoms with van der Waals surface area (Å²) in [6.07, 6.45) is 5.43. The van der Waals surface area contributed by atoms with E-state index >= 15 is 0 Å². The number of anilines is 1. The topological polar surface area (TPSA) is 50.9 Å². The summed E-state index contributed by atoms with van der Waals surface area (Å²) in [6.45, 7) is 0. The van der Waals surface area contributed by atoms with Gasteiger partial charge in [0.2, 0.25) is 0 Å². The molecule has 4 heteroatoms. The number of hydrogen-bond donors (Lipinski definition) is 2. The van der Waals surface area contributed by atoms with Crippen LogP contribution < -0.4 is 11.1 Å². The summed E-state index contributed by atoms with van der Waals surface area (Å²) in [6, 6.07) is 10.6. The van der Waals surface area contributed by atoms with E-state index in [0.717, 1.165) is 34.1 Å². The lowest BCUT2D eigenvalue weighted by atomic mass is 9.95. The summed E-state index contributed by atoms with van der Waals surface area (Å²) < 4.78 is 0. The minimum absolute atomic E-state index is 0.435. The molecule has 2 aliphatic rings. The van der Waals surface area contributed by atoms with Crippen LogP contribution in [-0.2, 0) is 0 Å². The molecule has 3 nitrogen and oxygen atoms in total. The maximum atomic E-state index is 5.89. The van der Waals surface area contributed by atoms with Crippen molar-refractivity contribution in [2.75, 3.05) is 5.32 Å². The Balaban J connectivity index is 1.70. The highest BCUT2D eigenvalue weighted by Crippen LogP contribution is 2.45. The molecule has 3 unspecified atom stereocenters. The molecule has 1 aromatic heterocycles. The average Bonchev–Trinajstić information content (AvgIpc) is 3.09. The number of nitrogens with two attached hydrogens (primary N) is 1. The van der Waals surface area contributed by atoms with E-state index in [1.54, 1.807) is 0 Å². The van der Waals surface area contributed by atoms with E-state index < -0.39 is 0 Å². The number of hydrogen-bond acceptors (Lipinski definition) is 3. The van der Waals surface area contributed by atoms with Crippen molar-refractivity contribution < 1.29 is 0 Å². The van der Waals surface area contributed by atoms with Gasteiger partial charge < -0.3 is 11.1 Å². The smallest absolute Gasteiger partial charge is 0.127 e. The number of para-hydroxylation sites is 1. The summed E-state index contributed by atoms with van der Waals surface area (Å²) in [5, 5.41) is 4.66. The Morgan fingerprint density at radius 2 is 2.10 bits per heavy atom. The van der Waals surface area contributed by atoms with Gasteiger partial charge in [0.05, 0.1) is 5.52 Å². The molecule has 3 atom stereocenters. The molecule has 21 heavy (non-hydrogen) atoms. The second kappa shape index (κ2) is 4.95. The molecule has 4 rings (SSSR count). The van der Waals surface area contributed by atoms with Crippen LogP contribution in [0.2, 0.25) is 0 Å². The van der Waals surface area contributed by atoms with Gasteiger partial charge >= 0.3 is 0 Å². The van der Waals surface area contributed by atoms with E-state index in [4.69, 9.17) is 22.9 Å². The number of nitrogens with zero attached hydrogens (tertiary/aromatic N) is 1. The zero-order chi connectivity index (χ0) is 14.4. The predicted molar refractivity (Wildman–Crippen MR) is 90.5 cm³/mol. The molecule has 2 aromatic rings. The third-order valence-electron chi connectivity index (χ3n) is 5.05. The van der Waals surface area contributed by atoms with Crippen molar-refractivity contribution in [2.24, 2.45) is 17.6 Å². The van der Waals surface area contributed by atoms with Gasteiger partial charge in [-0.05, 0) is 43.2 Å². The van der Waals surface area contributed by atoms with Crippen LogP contribution in [0.1, 0.15) is 31.2 Å². The van der Waals surface area contributed by atoms with E-state index in [1.165, 1.54) is 25.7 Å². The molecule has 2 bridgehead atoms. The van der Waals surface area contributed by atoms with Gasteiger partial charge in [-0.2, -0.15) is 0 Å². The first-order valence-corrected chi connectivity index (χ1v) is 8.07. The van der Waals surface area contributed by atoms with Gasteiger partial charge in [0.1, 0.15) is 10.8 Å². The van der Waals surface area contributed by atoms with Crippen molar-refractivity contribution >= 4 is 33.9 Å². The number of thiocarbonyl (C=S) groups is 1. The fourth-order valence-corrected chi connectivity index (χ4v) is 4.23. The van der Waals surface area contributed by atoms with Crippen LogP contribution in [0.4, 0.5) is 5.82 Å². The van der Waals surface area contributed by atoms with E-state index in [2.05, 4.69) is 5.32 Å². The van der Waals surface area contributed by atoms with Crippen molar-refractivity contribution in [3.8, 4) is 0 Å². The van der Waals surface area contributed by atoms with Crippen molar-refractivity contribution in [3.63, 3.8) is 0 Å². The Morgan fingerprint density at radius 3 is 2.81 bits per heavy atom. The van der Waals surface area contributed by atoms with E-state index in [0.29, 0.717) is 11.0 Å². The predicted octanol–water partition coefficient (Wildman–Crippen LogP) is 3.47. The second-order valence-corrected chi connectivity index (χ2v) is 6.80. The molecule has 108 valence electrons. The highest BCUT2D eigenvalue weighted by Gasteiger charge is 2.39. The summed E-state index contributed by atoms with van der Waals surface area (Å²) in [4.78, 5) is 5.17. The van der Waals surface area contributed by atoms with Crippen molar-refractivity contribution in [2.45, 2.75) is 31.7 Å². The van der Waals surface area contributed by atoms with Crippen LogP contribution in [0.25, 0.3) is 10.9 Å². The zero-order valence-corrected chi connectivity index (χ0v) is 12.7. The van der Waals surface area contributed by atoms with Crippen LogP contribution in [0.5, 0.6) is 0 Å². The Morgan fingerprint density at radius 1 is 1.24 bits per heavy atom. The van der Waals surface area contributed by atoms with Gasteiger partial charge in [-0.3, -0.25) is 0 Å². The number of pyridine rings is 1. The molecule has 2 fully saturated rings. The van der Waals surface area contributed by atoms with E-state index in [-0.39, 0.29) is 0 Å². The molecule has 0 saturated heterocycles. The lowest BCUT2D eigenvalue weighted by Crippen LogP contribution is -2.26. The second-order valence-electron chi connectivity index (χ2n) is 6.36. The first-order valence-electron chi connectivity index (χ1n) is 7.67. The van der Waals surface area contributed by atoms with Crippen molar-refractivity contribution in [3.05, 3.63) is 35.9 Å². The quantitative estimate of drug-likeness (QED) is 0.852. The number of aromatic nitrogens is 1. The Bertz CT molecular complexity index is 712. The molecular weight excluding hydrogens is 278 g/mol. The highest BCUT2D eigenvalue weighted by molar-refractivity contribution is 7.80. The van der Waals surface area contributed by atoms with Crippen LogP contribution in [0, 0.1) is 11.8 Å². The Hall–Kier alpha value is -1.68. The number of nitrogens with one attached hydrogen (secondary N) is 1. The normalized spacial score (nSPS) is 27.1. The number of rotatable bonds is 3. The number of benzene rings is 1. The average molecular weight is 297 g/mol. The molecule has 1 aromatic carbocycles. The zero-order valence-electron chi connectivity index (χ0n) is 11.9. The maximum absolute atomic E-state index is 5.89. The van der Waals surface area contributed by atoms with Gasteiger partial charge in [-0.1, -0.05) is 36.8 Å². The summed E-state index contributed by atoms with van der Waals surface area (Å²) >= 11 is 5.21. The minimum atomic E-state index is 0.435. The van der Waals surface area contributed by atoms with Gasteiger partial charge in [-0.15, -0.1) is 0 Å².